The molecule has 0 aliphatic carbocycles. The molecule has 0 saturated carbocycles. The maximum absolute atomic E-state index is 13.2. The van der Waals surface area contributed by atoms with Gasteiger partial charge in [-0.25, -0.2) is 4.39 Å². The number of ketones is 1. The fraction of sp³-hybridized carbons (Fsp3) is 0.192. The lowest BCUT2D eigenvalue weighted by atomic mass is 9.96. The van der Waals surface area contributed by atoms with Crippen LogP contribution in [0.2, 0.25) is 0 Å². The number of carbonyl (C=O) groups is 2. The summed E-state index contributed by atoms with van der Waals surface area (Å²) in [6.45, 7) is 2.60. The van der Waals surface area contributed by atoms with E-state index in [1.54, 1.807) is 60.9 Å². The summed E-state index contributed by atoms with van der Waals surface area (Å²) in [7, 11) is 0. The van der Waals surface area contributed by atoms with Crippen LogP contribution in [0.1, 0.15) is 29.7 Å². The third-order valence-electron chi connectivity index (χ3n) is 5.56. The van der Waals surface area contributed by atoms with Crippen molar-refractivity contribution in [3.8, 4) is 5.75 Å². The quantitative estimate of drug-likeness (QED) is 0.333. The molecule has 1 fully saturated rings. The van der Waals surface area contributed by atoms with Crippen LogP contribution >= 0.6 is 0 Å². The van der Waals surface area contributed by atoms with Crippen molar-refractivity contribution in [3.05, 3.63) is 101 Å². The van der Waals surface area contributed by atoms with E-state index in [1.807, 2.05) is 6.92 Å². The molecule has 6 nitrogen and oxygen atoms in total. The number of hydrogen-bond acceptors (Lipinski definition) is 5. The number of amides is 1. The standard InChI is InChI=1S/C26H23FN2O4/c1-2-33-21-9-5-19(6-10-21)24(30)22-23(18-11-14-28-15-12-18)29(26(32)25(22)31)16-13-17-3-7-20(27)8-4-17/h3-12,14-15,23,30H,2,13,16H2,1H3/b24-22-. The first-order valence-corrected chi connectivity index (χ1v) is 10.7. The fourth-order valence-electron chi connectivity index (χ4n) is 3.93. The number of halogens is 1. The van der Waals surface area contributed by atoms with E-state index in [1.165, 1.54) is 17.0 Å². The summed E-state index contributed by atoms with van der Waals surface area (Å²) >= 11 is 0. The van der Waals surface area contributed by atoms with Crippen molar-refractivity contribution in [2.45, 2.75) is 19.4 Å². The van der Waals surface area contributed by atoms with Gasteiger partial charge in [-0.3, -0.25) is 14.6 Å². The maximum atomic E-state index is 13.2. The highest BCUT2D eigenvalue weighted by atomic mass is 19.1. The van der Waals surface area contributed by atoms with E-state index in [0.29, 0.717) is 29.9 Å². The minimum atomic E-state index is -0.764. The molecule has 1 unspecified atom stereocenters. The van der Waals surface area contributed by atoms with Crippen molar-refractivity contribution >= 4 is 17.4 Å². The van der Waals surface area contributed by atoms with Gasteiger partial charge in [-0.15, -0.1) is 0 Å². The summed E-state index contributed by atoms with van der Waals surface area (Å²) in [5.41, 5.74) is 1.93. The number of aliphatic hydroxyl groups is 1. The maximum Gasteiger partial charge on any atom is 0.295 e. The normalized spacial score (nSPS) is 17.4. The Morgan fingerprint density at radius 3 is 2.33 bits per heavy atom. The number of ether oxygens (including phenoxy) is 1. The molecule has 2 heterocycles. The summed E-state index contributed by atoms with van der Waals surface area (Å²) in [5, 5.41) is 11.1. The second-order valence-electron chi connectivity index (χ2n) is 7.61. The molecular formula is C26H23FN2O4. The smallest absolute Gasteiger partial charge is 0.295 e. The second-order valence-corrected chi connectivity index (χ2v) is 7.61. The molecule has 0 spiro atoms. The number of hydrogen-bond donors (Lipinski definition) is 1. The predicted molar refractivity (Wildman–Crippen MR) is 121 cm³/mol. The summed E-state index contributed by atoms with van der Waals surface area (Å²) in [6, 6.07) is 15.4. The molecule has 168 valence electrons. The van der Waals surface area contributed by atoms with Crippen LogP contribution < -0.4 is 4.74 Å². The zero-order valence-corrected chi connectivity index (χ0v) is 18.1. The Morgan fingerprint density at radius 2 is 1.70 bits per heavy atom. The molecule has 4 rings (SSSR count). The van der Waals surface area contributed by atoms with Gasteiger partial charge >= 0.3 is 0 Å². The predicted octanol–water partition coefficient (Wildman–Crippen LogP) is 4.28. The first kappa shape index (κ1) is 22.2. The second kappa shape index (κ2) is 9.65. The van der Waals surface area contributed by atoms with E-state index in [-0.39, 0.29) is 23.7 Å². The molecular weight excluding hydrogens is 423 g/mol. The average molecular weight is 446 g/mol. The molecule has 1 aliphatic heterocycles. The van der Waals surface area contributed by atoms with E-state index in [9.17, 15) is 19.1 Å². The number of aromatic nitrogens is 1. The largest absolute Gasteiger partial charge is 0.507 e. The van der Waals surface area contributed by atoms with Gasteiger partial charge in [0.25, 0.3) is 11.7 Å². The fourth-order valence-corrected chi connectivity index (χ4v) is 3.93. The summed E-state index contributed by atoms with van der Waals surface area (Å²) in [4.78, 5) is 31.5. The molecule has 1 aliphatic rings. The molecule has 1 amide bonds. The number of Topliss-reactive ketones (excluding diaryl/α,β-unsaturated/α-hetero) is 1. The highest BCUT2D eigenvalue weighted by Gasteiger charge is 2.45. The summed E-state index contributed by atoms with van der Waals surface area (Å²) < 4.78 is 18.7. The molecule has 33 heavy (non-hydrogen) atoms. The highest BCUT2D eigenvalue weighted by Crippen LogP contribution is 2.39. The van der Waals surface area contributed by atoms with Crippen molar-refractivity contribution < 1.29 is 23.8 Å². The monoisotopic (exact) mass is 446 g/mol. The van der Waals surface area contributed by atoms with Crippen molar-refractivity contribution in [3.63, 3.8) is 0 Å². The Hall–Kier alpha value is -4.00. The van der Waals surface area contributed by atoms with E-state index in [4.69, 9.17) is 4.74 Å². The van der Waals surface area contributed by atoms with Gasteiger partial charge in [0.15, 0.2) is 0 Å². The van der Waals surface area contributed by atoms with Crippen molar-refractivity contribution in [2.75, 3.05) is 13.2 Å². The number of benzene rings is 2. The molecule has 3 aromatic rings. The molecule has 0 radical (unpaired) electrons. The Kier molecular flexibility index (Phi) is 6.49. The van der Waals surface area contributed by atoms with Crippen LogP contribution in [0.5, 0.6) is 5.75 Å². The topological polar surface area (TPSA) is 79.7 Å². The van der Waals surface area contributed by atoms with Crippen molar-refractivity contribution in [2.24, 2.45) is 0 Å². The van der Waals surface area contributed by atoms with Crippen molar-refractivity contribution in [1.82, 2.24) is 9.88 Å². The molecule has 1 N–H and O–H groups in total. The van der Waals surface area contributed by atoms with Gasteiger partial charge < -0.3 is 14.7 Å². The van der Waals surface area contributed by atoms with Gasteiger partial charge in [0.1, 0.15) is 17.3 Å². The van der Waals surface area contributed by atoms with Gasteiger partial charge in [0.2, 0.25) is 0 Å². The first-order valence-electron chi connectivity index (χ1n) is 10.7. The van der Waals surface area contributed by atoms with Crippen LogP contribution in [0.3, 0.4) is 0 Å². The van der Waals surface area contributed by atoms with Gasteiger partial charge in [-0.05, 0) is 73.0 Å². The van der Waals surface area contributed by atoms with E-state index >= 15 is 0 Å². The van der Waals surface area contributed by atoms with Crippen LogP contribution in [0.15, 0.2) is 78.6 Å². The molecule has 1 atom stereocenters. The van der Waals surface area contributed by atoms with E-state index in [0.717, 1.165) is 5.56 Å². The minimum Gasteiger partial charge on any atom is -0.507 e. The Labute approximate surface area is 191 Å². The lowest BCUT2D eigenvalue weighted by Gasteiger charge is -2.25. The van der Waals surface area contributed by atoms with E-state index in [2.05, 4.69) is 4.98 Å². The molecule has 0 bridgehead atoms. The van der Waals surface area contributed by atoms with Gasteiger partial charge in [0, 0.05) is 24.5 Å². The third kappa shape index (κ3) is 4.62. The van der Waals surface area contributed by atoms with E-state index < -0.39 is 17.7 Å². The van der Waals surface area contributed by atoms with Crippen LogP contribution in [-0.2, 0) is 16.0 Å². The van der Waals surface area contributed by atoms with Gasteiger partial charge in [-0.1, -0.05) is 12.1 Å². The SMILES string of the molecule is CCOc1ccc(/C(O)=C2/C(=O)C(=O)N(CCc3ccc(F)cc3)C2c2ccncc2)cc1. The van der Waals surface area contributed by atoms with Crippen molar-refractivity contribution in [1.29, 1.82) is 0 Å². The number of pyridine rings is 1. The van der Waals surface area contributed by atoms with Crippen LogP contribution in [0.4, 0.5) is 4.39 Å². The van der Waals surface area contributed by atoms with Crippen LogP contribution in [0, 0.1) is 5.82 Å². The number of likely N-dealkylation sites (tertiary alicyclic amines) is 1. The minimum absolute atomic E-state index is 0.0227. The number of rotatable bonds is 7. The third-order valence-corrected chi connectivity index (χ3v) is 5.56. The zero-order valence-electron chi connectivity index (χ0n) is 18.1. The number of nitrogens with zero attached hydrogens (tertiary/aromatic N) is 2. The van der Waals surface area contributed by atoms with Gasteiger partial charge in [0.05, 0.1) is 18.2 Å². The Balaban J connectivity index is 1.72. The number of carbonyl (C=O) groups excluding carboxylic acids is 2. The molecule has 1 saturated heterocycles. The van der Waals surface area contributed by atoms with Crippen LogP contribution in [-0.4, -0.2) is 39.8 Å². The summed E-state index contributed by atoms with van der Waals surface area (Å²) in [5.74, 6) is -1.39. The lowest BCUT2D eigenvalue weighted by Crippen LogP contribution is -2.31. The molecule has 7 heteroatoms. The lowest BCUT2D eigenvalue weighted by molar-refractivity contribution is -0.139. The summed E-state index contributed by atoms with van der Waals surface area (Å²) in [6.07, 6.45) is 3.58. The Morgan fingerprint density at radius 1 is 1.03 bits per heavy atom. The Bertz CT molecular complexity index is 1180. The first-order chi connectivity index (χ1) is 16.0. The average Bonchev–Trinajstić information content (AvgIpc) is 3.09. The van der Waals surface area contributed by atoms with Gasteiger partial charge in [-0.2, -0.15) is 0 Å². The molecule has 1 aromatic heterocycles. The highest BCUT2D eigenvalue weighted by molar-refractivity contribution is 6.46. The zero-order chi connectivity index (χ0) is 23.4. The number of aliphatic hydroxyl groups excluding tert-OH is 1. The van der Waals surface area contributed by atoms with Crippen LogP contribution in [0.25, 0.3) is 5.76 Å². The molecule has 2 aromatic carbocycles.